The zero-order chi connectivity index (χ0) is 27.6. The van der Waals surface area contributed by atoms with Crippen molar-refractivity contribution in [3.05, 3.63) is 77.9 Å². The molecule has 1 aliphatic rings. The number of thiazole rings is 1. The van der Waals surface area contributed by atoms with Crippen molar-refractivity contribution in [2.75, 3.05) is 49.0 Å². The van der Waals surface area contributed by atoms with Crippen molar-refractivity contribution in [1.29, 1.82) is 0 Å². The summed E-state index contributed by atoms with van der Waals surface area (Å²) < 4.78 is 34.6. The third-order valence-electron chi connectivity index (χ3n) is 7.13. The highest BCUT2D eigenvalue weighted by molar-refractivity contribution is 7.92. The van der Waals surface area contributed by atoms with E-state index in [4.69, 9.17) is 9.72 Å². The number of amides is 1. The molecule has 1 aliphatic heterocycles. The van der Waals surface area contributed by atoms with E-state index in [2.05, 4.69) is 18.7 Å². The third-order valence-corrected chi connectivity index (χ3v) is 10.0. The van der Waals surface area contributed by atoms with Crippen LogP contribution in [0.3, 0.4) is 0 Å². The Bertz CT molecular complexity index is 1580. The largest absolute Gasteiger partial charge is 0.497 e. The number of ether oxygens (including phenoxy) is 1. The molecular formula is C29H32N4O4S2. The predicted octanol–water partition coefficient (Wildman–Crippen LogP) is 5.04. The maximum Gasteiger partial charge on any atom is 0.264 e. The van der Waals surface area contributed by atoms with Crippen molar-refractivity contribution < 1.29 is 17.9 Å². The van der Waals surface area contributed by atoms with E-state index in [-0.39, 0.29) is 10.8 Å². The number of anilines is 2. The minimum atomic E-state index is -3.74. The molecular weight excluding hydrogens is 532 g/mol. The summed E-state index contributed by atoms with van der Waals surface area (Å²) in [6.45, 7) is 7.50. The number of fused-ring (bicyclic) bond motifs is 2. The Morgan fingerprint density at radius 2 is 1.77 bits per heavy atom. The molecule has 10 heteroatoms. The van der Waals surface area contributed by atoms with Gasteiger partial charge in [0.1, 0.15) is 5.75 Å². The van der Waals surface area contributed by atoms with Gasteiger partial charge in [0.2, 0.25) is 0 Å². The van der Waals surface area contributed by atoms with Crippen LogP contribution in [0, 0.1) is 0 Å². The summed E-state index contributed by atoms with van der Waals surface area (Å²) in [5.41, 5.74) is 2.91. The number of nitrogens with zero attached hydrogens (tertiary/aromatic N) is 4. The first-order valence-corrected chi connectivity index (χ1v) is 15.3. The summed E-state index contributed by atoms with van der Waals surface area (Å²) in [6, 6.07) is 19.5. The number of sulfonamides is 1. The first-order valence-electron chi connectivity index (χ1n) is 13.0. The molecule has 204 valence electrons. The van der Waals surface area contributed by atoms with Crippen LogP contribution in [0.5, 0.6) is 5.75 Å². The molecule has 8 nitrogen and oxygen atoms in total. The average molecular weight is 565 g/mol. The summed E-state index contributed by atoms with van der Waals surface area (Å²) in [5, 5.41) is 0.598. The Balaban J connectivity index is 1.43. The van der Waals surface area contributed by atoms with Crippen LogP contribution >= 0.6 is 11.3 Å². The lowest BCUT2D eigenvalue weighted by Gasteiger charge is -2.25. The van der Waals surface area contributed by atoms with Crippen LogP contribution in [-0.4, -0.2) is 64.0 Å². The number of aromatic nitrogens is 1. The van der Waals surface area contributed by atoms with Gasteiger partial charge in [-0.05, 0) is 67.5 Å². The number of hydrogen-bond acceptors (Lipinski definition) is 7. The van der Waals surface area contributed by atoms with Crippen molar-refractivity contribution in [2.45, 2.75) is 25.2 Å². The molecule has 0 spiro atoms. The van der Waals surface area contributed by atoms with E-state index < -0.39 is 10.0 Å². The molecule has 0 N–H and O–H groups in total. The van der Waals surface area contributed by atoms with Crippen molar-refractivity contribution >= 4 is 48.3 Å². The molecule has 3 aromatic carbocycles. The van der Waals surface area contributed by atoms with Crippen LogP contribution in [0.4, 0.5) is 10.8 Å². The fourth-order valence-electron chi connectivity index (χ4n) is 4.81. The Morgan fingerprint density at radius 1 is 1.03 bits per heavy atom. The average Bonchev–Trinajstić information content (AvgIpc) is 3.59. The van der Waals surface area contributed by atoms with E-state index >= 15 is 0 Å². The predicted molar refractivity (Wildman–Crippen MR) is 157 cm³/mol. The maximum absolute atomic E-state index is 13.8. The number of likely N-dealkylation sites (N-methyl/N-ethyl adjacent to an activating group) is 1. The van der Waals surface area contributed by atoms with Crippen molar-refractivity contribution in [3.63, 3.8) is 0 Å². The summed E-state index contributed by atoms with van der Waals surface area (Å²) in [6.07, 6.45) is 0.682. The number of para-hydroxylation sites is 1. The summed E-state index contributed by atoms with van der Waals surface area (Å²) in [4.78, 5) is 22.7. The molecule has 39 heavy (non-hydrogen) atoms. The number of hydrogen-bond donors (Lipinski definition) is 0. The Kier molecular flexibility index (Phi) is 7.88. The van der Waals surface area contributed by atoms with Gasteiger partial charge in [0.25, 0.3) is 15.9 Å². The Labute approximate surface area is 233 Å². The number of carbonyl (C=O) groups excluding carboxylic acids is 1. The second-order valence-electron chi connectivity index (χ2n) is 9.29. The van der Waals surface area contributed by atoms with Gasteiger partial charge >= 0.3 is 0 Å². The van der Waals surface area contributed by atoms with Gasteiger partial charge in [0, 0.05) is 31.3 Å². The molecule has 1 amide bonds. The monoisotopic (exact) mass is 564 g/mol. The molecule has 2 heterocycles. The molecule has 0 fully saturated rings. The van der Waals surface area contributed by atoms with Gasteiger partial charge in [0.05, 0.1) is 27.9 Å². The molecule has 0 saturated heterocycles. The minimum Gasteiger partial charge on any atom is -0.497 e. The number of methoxy groups -OCH3 is 1. The number of carbonyl (C=O) groups is 1. The molecule has 4 aromatic rings. The standard InChI is InChI=1S/C29H32N4O4S2/c1-4-31(5-2)18-19-32(29-30-25-20-23(37-3)12-15-27(25)38-29)28(34)22-10-13-24(14-11-22)39(35,36)33-17-16-21-8-6-7-9-26(21)33/h6-15,20H,4-5,16-19H2,1-3H3. The zero-order valence-corrected chi connectivity index (χ0v) is 24.0. The molecule has 0 aliphatic carbocycles. The van der Waals surface area contributed by atoms with Crippen molar-refractivity contribution in [1.82, 2.24) is 9.88 Å². The first-order chi connectivity index (χ1) is 18.8. The molecule has 1 aromatic heterocycles. The van der Waals surface area contributed by atoms with Crippen LogP contribution in [0.2, 0.25) is 0 Å². The fraction of sp³-hybridized carbons (Fsp3) is 0.310. The summed E-state index contributed by atoms with van der Waals surface area (Å²) >= 11 is 1.45. The van der Waals surface area contributed by atoms with Gasteiger partial charge in [-0.25, -0.2) is 13.4 Å². The molecule has 0 bridgehead atoms. The van der Waals surface area contributed by atoms with E-state index in [1.807, 2.05) is 42.5 Å². The second kappa shape index (κ2) is 11.3. The minimum absolute atomic E-state index is 0.164. The maximum atomic E-state index is 13.8. The van der Waals surface area contributed by atoms with Crippen LogP contribution in [0.1, 0.15) is 29.8 Å². The highest BCUT2D eigenvalue weighted by Gasteiger charge is 2.31. The van der Waals surface area contributed by atoms with Gasteiger partial charge < -0.3 is 9.64 Å². The van der Waals surface area contributed by atoms with E-state index in [0.717, 1.165) is 28.9 Å². The lowest BCUT2D eigenvalue weighted by molar-refractivity contribution is 0.0983. The van der Waals surface area contributed by atoms with Crippen molar-refractivity contribution in [3.8, 4) is 5.75 Å². The number of rotatable bonds is 10. The van der Waals surface area contributed by atoms with Crippen LogP contribution in [0.15, 0.2) is 71.6 Å². The molecule has 0 unspecified atom stereocenters. The van der Waals surface area contributed by atoms with Gasteiger partial charge in [-0.1, -0.05) is 43.4 Å². The molecule has 0 saturated carbocycles. The number of benzene rings is 3. The fourth-order valence-corrected chi connectivity index (χ4v) is 7.29. The molecule has 5 rings (SSSR count). The van der Waals surface area contributed by atoms with Crippen LogP contribution in [-0.2, 0) is 16.4 Å². The molecule has 0 radical (unpaired) electrons. The van der Waals surface area contributed by atoms with E-state index in [0.29, 0.717) is 48.2 Å². The second-order valence-corrected chi connectivity index (χ2v) is 12.2. The quantitative estimate of drug-likeness (QED) is 0.268. The SMILES string of the molecule is CCN(CC)CCN(C(=O)c1ccc(S(=O)(=O)N2CCc3ccccc32)cc1)c1nc2cc(OC)ccc2s1. The smallest absolute Gasteiger partial charge is 0.264 e. The van der Waals surface area contributed by atoms with Gasteiger partial charge in [-0.15, -0.1) is 0 Å². The third kappa shape index (κ3) is 5.36. The van der Waals surface area contributed by atoms with Crippen LogP contribution in [0.25, 0.3) is 10.2 Å². The lowest BCUT2D eigenvalue weighted by Crippen LogP contribution is -2.39. The Hall–Kier alpha value is -3.47. The van der Waals surface area contributed by atoms with E-state index in [1.54, 1.807) is 24.1 Å². The topological polar surface area (TPSA) is 83.1 Å². The Morgan fingerprint density at radius 3 is 2.49 bits per heavy atom. The highest BCUT2D eigenvalue weighted by Crippen LogP contribution is 2.34. The van der Waals surface area contributed by atoms with E-state index in [1.165, 1.54) is 27.8 Å². The first kappa shape index (κ1) is 27.1. The zero-order valence-electron chi connectivity index (χ0n) is 22.3. The van der Waals surface area contributed by atoms with E-state index in [9.17, 15) is 13.2 Å². The summed E-state index contributed by atoms with van der Waals surface area (Å²) in [7, 11) is -2.13. The lowest BCUT2D eigenvalue weighted by atomic mass is 10.2. The highest BCUT2D eigenvalue weighted by atomic mass is 32.2. The normalized spacial score (nSPS) is 13.2. The van der Waals surface area contributed by atoms with Crippen molar-refractivity contribution in [2.24, 2.45) is 0 Å². The summed E-state index contributed by atoms with van der Waals surface area (Å²) in [5.74, 6) is 0.487. The van der Waals surface area contributed by atoms with Crippen LogP contribution < -0.4 is 13.9 Å². The molecule has 0 atom stereocenters. The van der Waals surface area contributed by atoms with Gasteiger partial charge in [-0.3, -0.25) is 14.0 Å². The van der Waals surface area contributed by atoms with Gasteiger partial charge in [0.15, 0.2) is 5.13 Å². The van der Waals surface area contributed by atoms with Gasteiger partial charge in [-0.2, -0.15) is 0 Å².